The number of carbonyl (C=O) groups is 1. The molecular formula is C17H26N6O. The van der Waals surface area contributed by atoms with Gasteiger partial charge in [0.15, 0.2) is 5.65 Å². The SMILES string of the molecule is CC(C)CC(=O)NCCn1ncc2c(N3CCCCC3)ncnc21. The fraction of sp³-hybridized carbons (Fsp3) is 0.647. The molecule has 3 rings (SSSR count). The average molecular weight is 330 g/mol. The summed E-state index contributed by atoms with van der Waals surface area (Å²) in [5, 5.41) is 8.38. The molecule has 7 nitrogen and oxygen atoms in total. The summed E-state index contributed by atoms with van der Waals surface area (Å²) in [6.07, 6.45) is 7.72. The van der Waals surface area contributed by atoms with E-state index in [4.69, 9.17) is 0 Å². The van der Waals surface area contributed by atoms with Crippen LogP contribution in [0.15, 0.2) is 12.5 Å². The van der Waals surface area contributed by atoms with Crippen LogP contribution in [0.1, 0.15) is 39.5 Å². The fourth-order valence-corrected chi connectivity index (χ4v) is 3.15. The van der Waals surface area contributed by atoms with Crippen molar-refractivity contribution >= 4 is 22.8 Å². The Balaban J connectivity index is 1.68. The van der Waals surface area contributed by atoms with Gasteiger partial charge in [0, 0.05) is 26.1 Å². The summed E-state index contributed by atoms with van der Waals surface area (Å²) in [5.74, 6) is 1.44. The van der Waals surface area contributed by atoms with E-state index in [1.807, 2.05) is 24.7 Å². The Kier molecular flexibility index (Phi) is 5.27. The second-order valence-corrected chi connectivity index (χ2v) is 6.80. The van der Waals surface area contributed by atoms with Crippen molar-refractivity contribution in [2.24, 2.45) is 5.92 Å². The first-order valence-corrected chi connectivity index (χ1v) is 8.83. The monoisotopic (exact) mass is 330 g/mol. The molecule has 1 saturated heterocycles. The van der Waals surface area contributed by atoms with Crippen molar-refractivity contribution in [3.05, 3.63) is 12.5 Å². The number of nitrogens with zero attached hydrogens (tertiary/aromatic N) is 5. The lowest BCUT2D eigenvalue weighted by atomic mass is 10.1. The highest BCUT2D eigenvalue weighted by atomic mass is 16.1. The van der Waals surface area contributed by atoms with Crippen molar-refractivity contribution < 1.29 is 4.79 Å². The number of piperidine rings is 1. The van der Waals surface area contributed by atoms with Gasteiger partial charge in [0.25, 0.3) is 0 Å². The second-order valence-electron chi connectivity index (χ2n) is 6.80. The average Bonchev–Trinajstić information content (AvgIpc) is 2.98. The van der Waals surface area contributed by atoms with Crippen molar-refractivity contribution in [3.63, 3.8) is 0 Å². The molecule has 0 unspecified atom stereocenters. The fourth-order valence-electron chi connectivity index (χ4n) is 3.15. The minimum absolute atomic E-state index is 0.0880. The van der Waals surface area contributed by atoms with Crippen molar-refractivity contribution in [2.45, 2.75) is 46.1 Å². The molecule has 0 atom stereocenters. The number of aromatic nitrogens is 4. The van der Waals surface area contributed by atoms with Gasteiger partial charge in [-0.2, -0.15) is 5.10 Å². The lowest BCUT2D eigenvalue weighted by molar-refractivity contribution is -0.121. The van der Waals surface area contributed by atoms with Crippen LogP contribution in [0, 0.1) is 5.92 Å². The van der Waals surface area contributed by atoms with Crippen LogP contribution in [-0.2, 0) is 11.3 Å². The maximum atomic E-state index is 11.7. The van der Waals surface area contributed by atoms with E-state index >= 15 is 0 Å². The summed E-state index contributed by atoms with van der Waals surface area (Å²) in [7, 11) is 0. The number of fused-ring (bicyclic) bond motifs is 1. The van der Waals surface area contributed by atoms with Gasteiger partial charge in [0.1, 0.15) is 12.1 Å². The van der Waals surface area contributed by atoms with E-state index < -0.39 is 0 Å². The lowest BCUT2D eigenvalue weighted by Gasteiger charge is -2.27. The van der Waals surface area contributed by atoms with E-state index in [-0.39, 0.29) is 5.91 Å². The second kappa shape index (κ2) is 7.59. The Morgan fingerprint density at radius 3 is 2.79 bits per heavy atom. The van der Waals surface area contributed by atoms with E-state index in [9.17, 15) is 4.79 Å². The standard InChI is InChI=1S/C17H26N6O/c1-13(2)10-15(24)18-6-9-23-17-14(11-21-23)16(19-12-20-17)22-7-4-3-5-8-22/h11-13H,3-10H2,1-2H3,(H,18,24). The Morgan fingerprint density at radius 2 is 2.04 bits per heavy atom. The van der Waals surface area contributed by atoms with Crippen molar-refractivity contribution in [2.75, 3.05) is 24.5 Å². The smallest absolute Gasteiger partial charge is 0.220 e. The number of hydrogen-bond donors (Lipinski definition) is 1. The molecule has 1 N–H and O–H groups in total. The van der Waals surface area contributed by atoms with Gasteiger partial charge in [-0.3, -0.25) is 4.79 Å². The number of amides is 1. The van der Waals surface area contributed by atoms with Crippen LogP contribution in [0.3, 0.4) is 0 Å². The van der Waals surface area contributed by atoms with E-state index in [0.717, 1.165) is 29.9 Å². The number of rotatable bonds is 6. The minimum atomic E-state index is 0.0880. The molecule has 0 aliphatic carbocycles. The zero-order valence-corrected chi connectivity index (χ0v) is 14.5. The predicted molar refractivity (Wildman–Crippen MR) is 93.9 cm³/mol. The first-order valence-electron chi connectivity index (χ1n) is 8.83. The van der Waals surface area contributed by atoms with Gasteiger partial charge in [-0.15, -0.1) is 0 Å². The van der Waals surface area contributed by atoms with Gasteiger partial charge in [0.2, 0.25) is 5.91 Å². The largest absolute Gasteiger partial charge is 0.356 e. The number of carbonyl (C=O) groups excluding carboxylic acids is 1. The zero-order valence-electron chi connectivity index (χ0n) is 14.5. The first kappa shape index (κ1) is 16.7. The summed E-state index contributed by atoms with van der Waals surface area (Å²) in [5.41, 5.74) is 0.837. The van der Waals surface area contributed by atoms with E-state index in [1.54, 1.807) is 6.33 Å². The highest BCUT2D eigenvalue weighted by Gasteiger charge is 2.17. The molecule has 2 aromatic heterocycles. The Bertz CT molecular complexity index is 689. The van der Waals surface area contributed by atoms with Gasteiger partial charge in [-0.05, 0) is 25.2 Å². The Labute approximate surface area is 142 Å². The van der Waals surface area contributed by atoms with E-state index in [1.165, 1.54) is 19.3 Å². The molecule has 1 aliphatic heterocycles. The van der Waals surface area contributed by atoms with E-state index in [2.05, 4.69) is 25.3 Å². The molecule has 130 valence electrons. The predicted octanol–water partition coefficient (Wildman–Crippen LogP) is 1.98. The number of hydrogen-bond acceptors (Lipinski definition) is 5. The molecule has 3 heterocycles. The molecule has 1 amide bonds. The lowest BCUT2D eigenvalue weighted by Crippen LogP contribution is -2.30. The van der Waals surface area contributed by atoms with Crippen LogP contribution < -0.4 is 10.2 Å². The molecule has 1 aliphatic rings. The topological polar surface area (TPSA) is 75.9 Å². The molecule has 24 heavy (non-hydrogen) atoms. The summed E-state index contributed by atoms with van der Waals surface area (Å²) in [4.78, 5) is 22.9. The quantitative estimate of drug-likeness (QED) is 0.876. The van der Waals surface area contributed by atoms with Crippen LogP contribution >= 0.6 is 0 Å². The minimum Gasteiger partial charge on any atom is -0.356 e. The molecule has 7 heteroatoms. The highest BCUT2D eigenvalue weighted by molar-refractivity contribution is 5.86. The van der Waals surface area contributed by atoms with Gasteiger partial charge >= 0.3 is 0 Å². The molecule has 0 radical (unpaired) electrons. The van der Waals surface area contributed by atoms with Crippen LogP contribution in [0.25, 0.3) is 11.0 Å². The van der Waals surface area contributed by atoms with Crippen molar-refractivity contribution in [1.82, 2.24) is 25.1 Å². The third-order valence-corrected chi connectivity index (χ3v) is 4.31. The van der Waals surface area contributed by atoms with Crippen LogP contribution in [-0.4, -0.2) is 45.3 Å². The van der Waals surface area contributed by atoms with Gasteiger partial charge in [-0.1, -0.05) is 13.8 Å². The summed E-state index contributed by atoms with van der Waals surface area (Å²) < 4.78 is 1.85. The van der Waals surface area contributed by atoms with Crippen molar-refractivity contribution in [1.29, 1.82) is 0 Å². The Morgan fingerprint density at radius 1 is 1.25 bits per heavy atom. The highest BCUT2D eigenvalue weighted by Crippen LogP contribution is 2.25. The van der Waals surface area contributed by atoms with E-state index in [0.29, 0.717) is 25.4 Å². The summed E-state index contributed by atoms with van der Waals surface area (Å²) in [6.45, 7) is 7.35. The van der Waals surface area contributed by atoms with Crippen molar-refractivity contribution in [3.8, 4) is 0 Å². The third-order valence-electron chi connectivity index (χ3n) is 4.31. The number of nitrogens with one attached hydrogen (secondary N) is 1. The third kappa shape index (κ3) is 3.83. The van der Waals surface area contributed by atoms with Crippen LogP contribution in [0.2, 0.25) is 0 Å². The molecule has 0 aromatic carbocycles. The normalized spacial score (nSPS) is 15.2. The molecular weight excluding hydrogens is 304 g/mol. The number of anilines is 1. The molecule has 0 spiro atoms. The molecule has 1 fully saturated rings. The molecule has 0 bridgehead atoms. The van der Waals surface area contributed by atoms with Crippen LogP contribution in [0.4, 0.5) is 5.82 Å². The van der Waals surface area contributed by atoms with Crippen LogP contribution in [0.5, 0.6) is 0 Å². The molecule has 2 aromatic rings. The summed E-state index contributed by atoms with van der Waals surface area (Å²) >= 11 is 0. The van der Waals surface area contributed by atoms with Gasteiger partial charge in [-0.25, -0.2) is 14.6 Å². The van der Waals surface area contributed by atoms with Gasteiger partial charge in [0.05, 0.1) is 18.1 Å². The maximum Gasteiger partial charge on any atom is 0.220 e. The van der Waals surface area contributed by atoms with Gasteiger partial charge < -0.3 is 10.2 Å². The summed E-state index contributed by atoms with van der Waals surface area (Å²) in [6, 6.07) is 0. The first-order chi connectivity index (χ1) is 11.6. The Hall–Kier alpha value is -2.18. The molecule has 0 saturated carbocycles. The zero-order chi connectivity index (χ0) is 16.9. The maximum absolute atomic E-state index is 11.7.